The van der Waals surface area contributed by atoms with Crippen LogP contribution < -0.4 is 0 Å². The number of benzene rings is 3. The lowest BCUT2D eigenvalue weighted by Gasteiger charge is -2.18. The lowest BCUT2D eigenvalue weighted by atomic mass is 9.90. The molecule has 0 fully saturated rings. The zero-order chi connectivity index (χ0) is 25.1. The van der Waals surface area contributed by atoms with Crippen LogP contribution in [-0.4, -0.2) is 4.57 Å². The molecule has 0 amide bonds. The van der Waals surface area contributed by atoms with E-state index in [0.717, 1.165) is 32.1 Å². The number of hydrogen-bond donors (Lipinski definition) is 0. The van der Waals surface area contributed by atoms with E-state index in [0.29, 0.717) is 0 Å². The van der Waals surface area contributed by atoms with Gasteiger partial charge in [0, 0.05) is 37.3 Å². The van der Waals surface area contributed by atoms with Crippen molar-refractivity contribution in [3.8, 4) is 5.69 Å². The number of thiophene rings is 1. The molecule has 0 unspecified atom stereocenters. The van der Waals surface area contributed by atoms with Gasteiger partial charge in [-0.15, -0.1) is 11.3 Å². The standard InChI is InChI=1S/C36H29NS/c1-2-9-24(10-3-1)25-17-20-27(21-18-25)37-33-15-6-4-11-29(33)32-23-26(19-22-34(32)37)28-13-8-14-31-30-12-5-7-16-35(30)38-36(28)31/h1-2,4-6,8-9,11-15,17-18,20-21,23H,3,7,10,16,19,22H2. The van der Waals surface area contributed by atoms with Crippen LogP contribution in [-0.2, 0) is 12.8 Å². The van der Waals surface area contributed by atoms with Crippen molar-refractivity contribution in [3.05, 3.63) is 124 Å². The molecular weight excluding hydrogens is 478 g/mol. The second kappa shape index (κ2) is 8.85. The molecule has 3 aliphatic carbocycles. The van der Waals surface area contributed by atoms with E-state index in [1.807, 2.05) is 11.3 Å². The minimum atomic E-state index is 1.05. The molecule has 0 aliphatic heterocycles. The third kappa shape index (κ3) is 3.44. The predicted molar refractivity (Wildman–Crippen MR) is 165 cm³/mol. The van der Waals surface area contributed by atoms with E-state index in [2.05, 4.69) is 108 Å². The monoisotopic (exact) mass is 507 g/mol. The van der Waals surface area contributed by atoms with Crippen LogP contribution in [0.3, 0.4) is 0 Å². The Morgan fingerprint density at radius 3 is 2.45 bits per heavy atom. The number of fused-ring (bicyclic) bond motifs is 6. The summed E-state index contributed by atoms with van der Waals surface area (Å²) in [6.45, 7) is 0. The molecule has 184 valence electrons. The highest BCUT2D eigenvalue weighted by Crippen LogP contribution is 2.44. The zero-order valence-corrected chi connectivity index (χ0v) is 22.2. The van der Waals surface area contributed by atoms with Crippen LogP contribution in [0.15, 0.2) is 91.0 Å². The van der Waals surface area contributed by atoms with Gasteiger partial charge in [0.1, 0.15) is 0 Å². The first-order chi connectivity index (χ1) is 18.8. The van der Waals surface area contributed by atoms with Crippen LogP contribution in [0.1, 0.15) is 58.5 Å². The maximum Gasteiger partial charge on any atom is 0.0537 e. The van der Waals surface area contributed by atoms with E-state index >= 15 is 0 Å². The van der Waals surface area contributed by atoms with E-state index in [9.17, 15) is 0 Å². The number of aryl methyl sites for hydroxylation is 1. The van der Waals surface area contributed by atoms with Crippen LogP contribution in [0.25, 0.3) is 50.0 Å². The molecule has 3 aliphatic rings. The van der Waals surface area contributed by atoms with Crippen molar-refractivity contribution in [1.82, 2.24) is 4.57 Å². The summed E-state index contributed by atoms with van der Waals surface area (Å²) in [5.74, 6) is 0. The van der Waals surface area contributed by atoms with Crippen molar-refractivity contribution in [2.75, 3.05) is 0 Å². The molecule has 38 heavy (non-hydrogen) atoms. The third-order valence-electron chi connectivity index (χ3n) is 8.48. The molecule has 0 saturated carbocycles. The molecule has 0 saturated heterocycles. The Hall–Kier alpha value is -3.88. The lowest BCUT2D eigenvalue weighted by Crippen LogP contribution is -2.05. The van der Waals surface area contributed by atoms with Gasteiger partial charge in [0.25, 0.3) is 0 Å². The van der Waals surface area contributed by atoms with Gasteiger partial charge < -0.3 is 4.57 Å². The number of nitrogens with zero attached hydrogens (tertiary/aromatic N) is 1. The van der Waals surface area contributed by atoms with Gasteiger partial charge in [-0.1, -0.05) is 78.9 Å². The molecule has 0 bridgehead atoms. The molecule has 8 rings (SSSR count). The van der Waals surface area contributed by atoms with Gasteiger partial charge in [0.15, 0.2) is 0 Å². The van der Waals surface area contributed by atoms with Crippen molar-refractivity contribution >= 4 is 55.6 Å². The van der Waals surface area contributed by atoms with E-state index in [4.69, 9.17) is 0 Å². The van der Waals surface area contributed by atoms with Crippen LogP contribution in [0, 0.1) is 0 Å². The van der Waals surface area contributed by atoms with Crippen molar-refractivity contribution in [1.29, 1.82) is 0 Å². The predicted octanol–water partition coefficient (Wildman–Crippen LogP) is 10.0. The lowest BCUT2D eigenvalue weighted by molar-refractivity contribution is 0.898. The van der Waals surface area contributed by atoms with Crippen molar-refractivity contribution in [3.63, 3.8) is 0 Å². The highest BCUT2D eigenvalue weighted by atomic mass is 32.1. The normalized spacial score (nSPS) is 16.4. The number of allylic oxidation sites excluding steroid dienone is 6. The molecule has 0 atom stereocenters. The fraction of sp³-hybridized carbons (Fsp3) is 0.167. The maximum absolute atomic E-state index is 2.51. The van der Waals surface area contributed by atoms with Gasteiger partial charge in [-0.3, -0.25) is 0 Å². The first-order valence-electron chi connectivity index (χ1n) is 13.9. The number of para-hydroxylation sites is 1. The highest BCUT2D eigenvalue weighted by Gasteiger charge is 2.23. The van der Waals surface area contributed by atoms with Crippen molar-refractivity contribution in [2.24, 2.45) is 0 Å². The summed E-state index contributed by atoms with van der Waals surface area (Å²) in [6, 6.07) is 25.1. The summed E-state index contributed by atoms with van der Waals surface area (Å²) >= 11 is 2.01. The number of rotatable bonds is 3. The molecule has 2 heteroatoms. The van der Waals surface area contributed by atoms with Gasteiger partial charge in [0.05, 0.1) is 5.52 Å². The summed E-state index contributed by atoms with van der Waals surface area (Å²) in [5.41, 5.74) is 12.5. The number of aromatic nitrogens is 1. The minimum absolute atomic E-state index is 1.05. The smallest absolute Gasteiger partial charge is 0.0537 e. The molecule has 5 aromatic rings. The van der Waals surface area contributed by atoms with Crippen LogP contribution >= 0.6 is 11.3 Å². The summed E-state index contributed by atoms with van der Waals surface area (Å²) in [7, 11) is 0. The Balaban J connectivity index is 1.26. The average molecular weight is 508 g/mol. The molecule has 2 heterocycles. The molecule has 0 spiro atoms. The molecule has 0 N–H and O–H groups in total. The number of hydrogen-bond acceptors (Lipinski definition) is 1. The SMILES string of the molecule is C1=CCCC(c2ccc(-n3c4c(c5ccccc53)C=C(c3cccc5c6c(sc35)CCC=C6)CC4)cc2)=C1. The Labute approximate surface area is 227 Å². The van der Waals surface area contributed by atoms with E-state index in [1.165, 1.54) is 72.2 Å². The Morgan fingerprint density at radius 1 is 0.684 bits per heavy atom. The Bertz CT molecular complexity index is 1850. The zero-order valence-electron chi connectivity index (χ0n) is 21.4. The van der Waals surface area contributed by atoms with Gasteiger partial charge >= 0.3 is 0 Å². The van der Waals surface area contributed by atoms with Crippen LogP contribution in [0.4, 0.5) is 0 Å². The molecular formula is C36H29NS. The van der Waals surface area contributed by atoms with Crippen LogP contribution in [0.5, 0.6) is 0 Å². The first kappa shape index (κ1) is 22.1. The average Bonchev–Trinajstić information content (AvgIpc) is 3.53. The minimum Gasteiger partial charge on any atom is -0.313 e. The second-order valence-electron chi connectivity index (χ2n) is 10.7. The van der Waals surface area contributed by atoms with Gasteiger partial charge in [-0.2, -0.15) is 0 Å². The Kier molecular flexibility index (Phi) is 5.16. The summed E-state index contributed by atoms with van der Waals surface area (Å²) in [6.07, 6.45) is 20.6. The fourth-order valence-electron chi connectivity index (χ4n) is 6.62. The van der Waals surface area contributed by atoms with Crippen LogP contribution in [0.2, 0.25) is 0 Å². The van der Waals surface area contributed by atoms with E-state index < -0.39 is 0 Å². The largest absolute Gasteiger partial charge is 0.313 e. The molecule has 1 nitrogen and oxygen atoms in total. The Morgan fingerprint density at radius 2 is 1.55 bits per heavy atom. The van der Waals surface area contributed by atoms with Crippen molar-refractivity contribution < 1.29 is 0 Å². The quantitative estimate of drug-likeness (QED) is 0.229. The third-order valence-corrected chi connectivity index (χ3v) is 9.79. The van der Waals surface area contributed by atoms with Gasteiger partial charge in [-0.05, 0) is 90.6 Å². The summed E-state index contributed by atoms with van der Waals surface area (Å²) in [4.78, 5) is 1.55. The maximum atomic E-state index is 2.51. The van der Waals surface area contributed by atoms with Crippen molar-refractivity contribution in [2.45, 2.75) is 38.5 Å². The second-order valence-corrected chi connectivity index (χ2v) is 11.8. The fourth-order valence-corrected chi connectivity index (χ4v) is 7.98. The molecule has 2 aromatic heterocycles. The topological polar surface area (TPSA) is 4.93 Å². The van der Waals surface area contributed by atoms with Gasteiger partial charge in [-0.25, -0.2) is 0 Å². The summed E-state index contributed by atoms with van der Waals surface area (Å²) in [5, 5.41) is 2.78. The van der Waals surface area contributed by atoms with E-state index in [-0.39, 0.29) is 0 Å². The van der Waals surface area contributed by atoms with E-state index in [1.54, 1.807) is 4.88 Å². The molecule has 0 radical (unpaired) electrons. The molecule has 3 aromatic carbocycles. The summed E-state index contributed by atoms with van der Waals surface area (Å²) < 4.78 is 3.97. The highest BCUT2D eigenvalue weighted by molar-refractivity contribution is 7.19. The van der Waals surface area contributed by atoms with Gasteiger partial charge in [0.2, 0.25) is 0 Å². The first-order valence-corrected chi connectivity index (χ1v) is 14.7.